The molecule has 3 aromatic rings. The quantitative estimate of drug-likeness (QED) is 0.453. The van der Waals surface area contributed by atoms with Crippen LogP contribution in [0.25, 0.3) is 11.1 Å². The molecule has 4 bridgehead atoms. The van der Waals surface area contributed by atoms with Crippen molar-refractivity contribution in [2.45, 2.75) is 37.5 Å². The van der Waals surface area contributed by atoms with E-state index in [4.69, 9.17) is 11.6 Å². The SMILES string of the molecule is Clc1ccccc1Nc1cccc2c1C1(c3ccccc3-2)C2CC3CC(C2)CC1C3. The summed E-state index contributed by atoms with van der Waals surface area (Å²) in [6, 6.07) is 24.2. The maximum absolute atomic E-state index is 6.55. The van der Waals surface area contributed by atoms with Gasteiger partial charge in [0.25, 0.3) is 0 Å². The van der Waals surface area contributed by atoms with Gasteiger partial charge in [0.05, 0.1) is 10.7 Å². The Morgan fingerprint density at radius 2 is 1.30 bits per heavy atom. The van der Waals surface area contributed by atoms with Gasteiger partial charge in [-0.25, -0.2) is 0 Å². The topological polar surface area (TPSA) is 12.0 Å². The van der Waals surface area contributed by atoms with Crippen LogP contribution < -0.4 is 5.32 Å². The van der Waals surface area contributed by atoms with E-state index >= 15 is 0 Å². The fourth-order valence-corrected chi connectivity index (χ4v) is 8.21. The van der Waals surface area contributed by atoms with E-state index in [0.29, 0.717) is 0 Å². The number of hydrogen-bond donors (Lipinski definition) is 1. The lowest BCUT2D eigenvalue weighted by Gasteiger charge is -2.61. The normalized spacial score (nSPS) is 32.3. The highest BCUT2D eigenvalue weighted by atomic mass is 35.5. The van der Waals surface area contributed by atoms with Gasteiger partial charge in [0, 0.05) is 11.1 Å². The fourth-order valence-electron chi connectivity index (χ4n) is 8.02. The standard InChI is InChI=1S/C28H26ClN/c29-24-9-3-4-10-25(24)30-26-11-5-7-22-21-6-1-2-8-23(21)28(27(22)26)19-13-17-12-18(15-19)16-20(28)14-17/h1-11,17-20,30H,12-16H2. The van der Waals surface area contributed by atoms with Crippen molar-refractivity contribution in [2.75, 3.05) is 5.32 Å². The molecule has 1 nitrogen and oxygen atoms in total. The number of nitrogens with one attached hydrogen (secondary N) is 1. The number of fused-ring (bicyclic) bond motifs is 3. The minimum Gasteiger partial charge on any atom is -0.354 e. The van der Waals surface area contributed by atoms with Crippen LogP contribution in [-0.4, -0.2) is 0 Å². The number of rotatable bonds is 2. The lowest BCUT2D eigenvalue weighted by molar-refractivity contribution is -0.0396. The molecule has 30 heavy (non-hydrogen) atoms. The Morgan fingerprint density at radius 1 is 0.667 bits per heavy atom. The molecular formula is C28H26ClN. The molecule has 2 heteroatoms. The smallest absolute Gasteiger partial charge is 0.0640 e. The van der Waals surface area contributed by atoms with E-state index in [-0.39, 0.29) is 5.41 Å². The summed E-state index contributed by atoms with van der Waals surface area (Å²) >= 11 is 6.55. The van der Waals surface area contributed by atoms with Gasteiger partial charge in [0.2, 0.25) is 0 Å². The molecule has 8 rings (SSSR count). The van der Waals surface area contributed by atoms with E-state index in [1.807, 2.05) is 12.1 Å². The van der Waals surface area contributed by atoms with Crippen LogP contribution >= 0.6 is 11.6 Å². The minimum absolute atomic E-state index is 0.171. The molecule has 1 spiro atoms. The lowest BCUT2D eigenvalue weighted by atomic mass is 9.43. The van der Waals surface area contributed by atoms with E-state index in [0.717, 1.165) is 34.4 Å². The molecule has 0 unspecified atom stereocenters. The van der Waals surface area contributed by atoms with E-state index in [9.17, 15) is 0 Å². The summed E-state index contributed by atoms with van der Waals surface area (Å²) < 4.78 is 0. The Morgan fingerprint density at radius 3 is 2.07 bits per heavy atom. The van der Waals surface area contributed by atoms with Gasteiger partial charge in [-0.2, -0.15) is 0 Å². The summed E-state index contributed by atoms with van der Waals surface area (Å²) in [5.41, 5.74) is 8.48. The molecule has 5 aliphatic carbocycles. The van der Waals surface area contributed by atoms with Crippen LogP contribution in [0.5, 0.6) is 0 Å². The van der Waals surface area contributed by atoms with Gasteiger partial charge < -0.3 is 5.32 Å². The number of hydrogen-bond acceptors (Lipinski definition) is 1. The first-order chi connectivity index (χ1) is 14.7. The van der Waals surface area contributed by atoms with Crippen LogP contribution in [0, 0.1) is 23.7 Å². The van der Waals surface area contributed by atoms with Gasteiger partial charge in [-0.3, -0.25) is 0 Å². The summed E-state index contributed by atoms with van der Waals surface area (Å²) in [7, 11) is 0. The van der Waals surface area contributed by atoms with Crippen molar-refractivity contribution in [3.8, 4) is 11.1 Å². The number of anilines is 2. The predicted octanol–water partition coefficient (Wildman–Crippen LogP) is 7.81. The van der Waals surface area contributed by atoms with Crippen molar-refractivity contribution < 1.29 is 0 Å². The van der Waals surface area contributed by atoms with Crippen LogP contribution in [0.15, 0.2) is 66.7 Å². The van der Waals surface area contributed by atoms with Gasteiger partial charge in [0.1, 0.15) is 0 Å². The monoisotopic (exact) mass is 411 g/mol. The van der Waals surface area contributed by atoms with Crippen molar-refractivity contribution in [3.63, 3.8) is 0 Å². The average Bonchev–Trinajstić information content (AvgIpc) is 3.06. The Labute approximate surface area is 183 Å². The minimum atomic E-state index is 0.171. The molecule has 3 aromatic carbocycles. The summed E-state index contributed by atoms with van der Waals surface area (Å²) in [5, 5.41) is 4.54. The maximum atomic E-state index is 6.55. The fraction of sp³-hybridized carbons (Fsp3) is 0.357. The second kappa shape index (κ2) is 6.14. The second-order valence-corrected chi connectivity index (χ2v) is 10.5. The summed E-state index contributed by atoms with van der Waals surface area (Å²) in [4.78, 5) is 0. The zero-order valence-electron chi connectivity index (χ0n) is 17.1. The van der Waals surface area contributed by atoms with Crippen molar-refractivity contribution in [2.24, 2.45) is 23.7 Å². The van der Waals surface area contributed by atoms with Gasteiger partial charge >= 0.3 is 0 Å². The van der Waals surface area contributed by atoms with Crippen LogP contribution in [0.4, 0.5) is 11.4 Å². The van der Waals surface area contributed by atoms with Crippen LogP contribution in [0.1, 0.15) is 43.2 Å². The summed E-state index contributed by atoms with van der Waals surface area (Å²) in [5.74, 6) is 3.45. The highest BCUT2D eigenvalue weighted by molar-refractivity contribution is 6.33. The van der Waals surface area contributed by atoms with E-state index in [2.05, 4.69) is 59.9 Å². The summed E-state index contributed by atoms with van der Waals surface area (Å²) in [6.45, 7) is 0. The van der Waals surface area contributed by atoms with E-state index in [1.165, 1.54) is 48.9 Å². The zero-order valence-corrected chi connectivity index (χ0v) is 17.8. The van der Waals surface area contributed by atoms with Gasteiger partial charge in [-0.1, -0.05) is 60.1 Å². The van der Waals surface area contributed by atoms with Crippen LogP contribution in [0.2, 0.25) is 5.02 Å². The van der Waals surface area contributed by atoms with Gasteiger partial charge in [-0.05, 0) is 96.2 Å². The van der Waals surface area contributed by atoms with Crippen molar-refractivity contribution in [1.82, 2.24) is 0 Å². The Kier molecular flexibility index (Phi) is 3.57. The first-order valence-corrected chi connectivity index (χ1v) is 11.9. The van der Waals surface area contributed by atoms with Crippen LogP contribution in [0.3, 0.4) is 0 Å². The van der Waals surface area contributed by atoms with Crippen molar-refractivity contribution in [3.05, 3.63) is 82.9 Å². The Bertz CT molecular complexity index is 1130. The molecule has 0 saturated heterocycles. The maximum Gasteiger partial charge on any atom is 0.0640 e. The molecule has 0 aliphatic heterocycles. The highest BCUT2D eigenvalue weighted by Crippen LogP contribution is 2.70. The van der Waals surface area contributed by atoms with Crippen LogP contribution in [-0.2, 0) is 5.41 Å². The highest BCUT2D eigenvalue weighted by Gasteiger charge is 2.62. The molecule has 1 N–H and O–H groups in total. The first kappa shape index (κ1) is 17.4. The van der Waals surface area contributed by atoms with Crippen molar-refractivity contribution >= 4 is 23.0 Å². The predicted molar refractivity (Wildman–Crippen MR) is 124 cm³/mol. The lowest BCUT2D eigenvalue weighted by Crippen LogP contribution is -2.55. The summed E-state index contributed by atoms with van der Waals surface area (Å²) in [6.07, 6.45) is 7.10. The molecule has 5 aliphatic rings. The molecule has 0 amide bonds. The molecule has 4 saturated carbocycles. The van der Waals surface area contributed by atoms with E-state index in [1.54, 1.807) is 11.1 Å². The molecule has 0 radical (unpaired) electrons. The number of halogens is 1. The molecule has 0 aromatic heterocycles. The number of para-hydroxylation sites is 1. The third-order valence-corrected chi connectivity index (χ3v) is 9.04. The largest absolute Gasteiger partial charge is 0.354 e. The van der Waals surface area contributed by atoms with Gasteiger partial charge in [0.15, 0.2) is 0 Å². The Balaban J connectivity index is 1.48. The Hall–Kier alpha value is -2.25. The molecular weight excluding hydrogens is 386 g/mol. The third kappa shape index (κ3) is 2.15. The molecule has 4 fully saturated rings. The second-order valence-electron chi connectivity index (χ2n) is 10.1. The molecule has 0 atom stereocenters. The van der Waals surface area contributed by atoms with Crippen molar-refractivity contribution in [1.29, 1.82) is 0 Å². The zero-order chi connectivity index (χ0) is 19.9. The molecule has 0 heterocycles. The first-order valence-electron chi connectivity index (χ1n) is 11.5. The third-order valence-electron chi connectivity index (χ3n) is 8.71. The number of benzene rings is 3. The molecule has 150 valence electrons. The van der Waals surface area contributed by atoms with E-state index < -0.39 is 0 Å². The van der Waals surface area contributed by atoms with Gasteiger partial charge in [-0.15, -0.1) is 0 Å². The average molecular weight is 412 g/mol.